The Morgan fingerprint density at radius 1 is 1.30 bits per heavy atom. The number of piperidine rings is 1. The van der Waals surface area contributed by atoms with Crippen LogP contribution in [0.15, 0.2) is 0 Å². The number of likely N-dealkylation sites (tertiary alicyclic amines) is 1. The molecule has 2 rings (SSSR count). The highest BCUT2D eigenvalue weighted by Gasteiger charge is 2.27. The lowest BCUT2D eigenvalue weighted by atomic mass is 9.96. The second kappa shape index (κ2) is 7.84. The summed E-state index contributed by atoms with van der Waals surface area (Å²) in [6.07, 6.45) is 7.03. The second-order valence-electron chi connectivity index (χ2n) is 6.14. The number of nitrogens with zero attached hydrogens (tertiary/aromatic N) is 1. The summed E-state index contributed by atoms with van der Waals surface area (Å²) in [5, 5.41) is 12.7. The molecule has 0 spiro atoms. The van der Waals surface area contributed by atoms with Crippen LogP contribution < -0.4 is 5.32 Å². The van der Waals surface area contributed by atoms with Crippen molar-refractivity contribution in [2.75, 3.05) is 26.2 Å². The van der Waals surface area contributed by atoms with E-state index < -0.39 is 6.10 Å². The standard InChI is InChI=1S/C15H28N2O3/c1-12-7-9-17(11-14(12)18)15(19)16-8-10-20-13-5-3-2-4-6-13/h12-14,18H,2-11H2,1H3,(H,16,19). The summed E-state index contributed by atoms with van der Waals surface area (Å²) in [4.78, 5) is 13.6. The molecule has 0 bridgehead atoms. The predicted molar refractivity (Wildman–Crippen MR) is 77.6 cm³/mol. The number of carbonyl (C=O) groups is 1. The van der Waals surface area contributed by atoms with Crippen LogP contribution in [0.4, 0.5) is 4.79 Å². The van der Waals surface area contributed by atoms with E-state index in [0.717, 1.165) is 25.8 Å². The summed E-state index contributed by atoms with van der Waals surface area (Å²) in [6, 6.07) is -0.0804. The van der Waals surface area contributed by atoms with Crippen LogP contribution in [0.1, 0.15) is 45.4 Å². The number of aliphatic hydroxyl groups excluding tert-OH is 1. The van der Waals surface area contributed by atoms with Crippen molar-refractivity contribution in [2.24, 2.45) is 5.92 Å². The summed E-state index contributed by atoms with van der Waals surface area (Å²) in [6.45, 7) is 4.34. The Bertz CT molecular complexity index is 305. The van der Waals surface area contributed by atoms with E-state index in [1.165, 1.54) is 19.3 Å². The Morgan fingerprint density at radius 2 is 2.05 bits per heavy atom. The average Bonchev–Trinajstić information content (AvgIpc) is 2.47. The first-order valence-electron chi connectivity index (χ1n) is 7.99. The number of carbonyl (C=O) groups excluding carboxylic acids is 1. The van der Waals surface area contributed by atoms with Gasteiger partial charge in [-0.1, -0.05) is 26.2 Å². The smallest absolute Gasteiger partial charge is 0.317 e. The van der Waals surface area contributed by atoms with Crippen LogP contribution in [0.25, 0.3) is 0 Å². The predicted octanol–water partition coefficient (Wildman–Crippen LogP) is 1.75. The summed E-state index contributed by atoms with van der Waals surface area (Å²) < 4.78 is 5.78. The van der Waals surface area contributed by atoms with Crippen molar-refractivity contribution in [2.45, 2.75) is 57.7 Å². The zero-order valence-corrected chi connectivity index (χ0v) is 12.5. The van der Waals surface area contributed by atoms with Gasteiger partial charge < -0.3 is 20.1 Å². The fraction of sp³-hybridized carbons (Fsp3) is 0.933. The van der Waals surface area contributed by atoms with Gasteiger partial charge in [0.1, 0.15) is 0 Å². The minimum atomic E-state index is -0.395. The molecule has 0 aromatic heterocycles. The minimum absolute atomic E-state index is 0.0804. The van der Waals surface area contributed by atoms with E-state index in [0.29, 0.717) is 25.8 Å². The van der Waals surface area contributed by atoms with Crippen molar-refractivity contribution in [3.63, 3.8) is 0 Å². The minimum Gasteiger partial charge on any atom is -0.391 e. The first kappa shape index (κ1) is 15.6. The van der Waals surface area contributed by atoms with Crippen LogP contribution in [0.5, 0.6) is 0 Å². The number of rotatable bonds is 4. The van der Waals surface area contributed by atoms with Crippen LogP contribution in [0.3, 0.4) is 0 Å². The van der Waals surface area contributed by atoms with Gasteiger partial charge in [-0.2, -0.15) is 0 Å². The molecule has 1 aliphatic carbocycles. The SMILES string of the molecule is CC1CCN(C(=O)NCCOC2CCCCC2)CC1O. The molecule has 0 aromatic rings. The molecule has 0 radical (unpaired) electrons. The quantitative estimate of drug-likeness (QED) is 0.773. The third-order valence-corrected chi connectivity index (χ3v) is 4.49. The number of hydrogen-bond acceptors (Lipinski definition) is 3. The van der Waals surface area contributed by atoms with Gasteiger partial charge in [-0.25, -0.2) is 4.79 Å². The van der Waals surface area contributed by atoms with Crippen molar-refractivity contribution in [3.05, 3.63) is 0 Å². The molecule has 20 heavy (non-hydrogen) atoms. The van der Waals surface area contributed by atoms with Gasteiger partial charge in [0.25, 0.3) is 0 Å². The number of nitrogens with one attached hydrogen (secondary N) is 1. The normalized spacial score (nSPS) is 28.4. The fourth-order valence-corrected chi connectivity index (χ4v) is 2.96. The summed E-state index contributed by atoms with van der Waals surface area (Å²) in [5.74, 6) is 0.286. The van der Waals surface area contributed by atoms with E-state index in [9.17, 15) is 9.90 Å². The second-order valence-corrected chi connectivity index (χ2v) is 6.14. The molecular weight excluding hydrogens is 256 g/mol. The Hall–Kier alpha value is -0.810. The molecule has 2 unspecified atom stereocenters. The Labute approximate surface area is 121 Å². The summed E-state index contributed by atoms with van der Waals surface area (Å²) in [7, 11) is 0. The molecule has 5 nitrogen and oxygen atoms in total. The lowest BCUT2D eigenvalue weighted by Crippen LogP contribution is -2.50. The Morgan fingerprint density at radius 3 is 2.75 bits per heavy atom. The maximum Gasteiger partial charge on any atom is 0.317 e. The average molecular weight is 284 g/mol. The fourth-order valence-electron chi connectivity index (χ4n) is 2.96. The molecule has 1 aliphatic heterocycles. The van der Waals surface area contributed by atoms with Gasteiger partial charge in [-0.05, 0) is 25.2 Å². The van der Waals surface area contributed by atoms with Crippen molar-refractivity contribution in [1.29, 1.82) is 0 Å². The largest absolute Gasteiger partial charge is 0.391 e. The number of amides is 2. The molecule has 116 valence electrons. The van der Waals surface area contributed by atoms with E-state index in [1.807, 2.05) is 6.92 Å². The van der Waals surface area contributed by atoms with Crippen LogP contribution in [0.2, 0.25) is 0 Å². The molecule has 1 saturated heterocycles. The number of hydrogen-bond donors (Lipinski definition) is 2. The highest BCUT2D eigenvalue weighted by atomic mass is 16.5. The molecule has 1 saturated carbocycles. The van der Waals surface area contributed by atoms with Crippen molar-refractivity contribution in [1.82, 2.24) is 10.2 Å². The van der Waals surface area contributed by atoms with E-state index in [1.54, 1.807) is 4.90 Å². The monoisotopic (exact) mass is 284 g/mol. The van der Waals surface area contributed by atoms with Crippen LogP contribution in [-0.4, -0.2) is 54.5 Å². The van der Waals surface area contributed by atoms with Gasteiger partial charge in [-0.3, -0.25) is 0 Å². The lowest BCUT2D eigenvalue weighted by molar-refractivity contribution is 0.0278. The van der Waals surface area contributed by atoms with Gasteiger partial charge in [0.15, 0.2) is 0 Å². The van der Waals surface area contributed by atoms with E-state index >= 15 is 0 Å². The van der Waals surface area contributed by atoms with Crippen LogP contribution >= 0.6 is 0 Å². The molecule has 0 aromatic carbocycles. The number of urea groups is 1. The Kier molecular flexibility index (Phi) is 6.10. The van der Waals surface area contributed by atoms with Gasteiger partial charge in [-0.15, -0.1) is 0 Å². The third kappa shape index (κ3) is 4.63. The molecule has 2 amide bonds. The van der Waals surface area contributed by atoms with E-state index in [4.69, 9.17) is 4.74 Å². The maximum absolute atomic E-state index is 11.9. The molecule has 5 heteroatoms. The van der Waals surface area contributed by atoms with Crippen molar-refractivity contribution >= 4 is 6.03 Å². The van der Waals surface area contributed by atoms with E-state index in [2.05, 4.69) is 5.32 Å². The molecular formula is C15H28N2O3. The zero-order valence-electron chi connectivity index (χ0n) is 12.5. The summed E-state index contributed by atoms with van der Waals surface area (Å²) >= 11 is 0. The van der Waals surface area contributed by atoms with Gasteiger partial charge in [0.2, 0.25) is 0 Å². The van der Waals surface area contributed by atoms with Gasteiger partial charge in [0.05, 0.1) is 18.8 Å². The molecule has 2 N–H and O–H groups in total. The van der Waals surface area contributed by atoms with Gasteiger partial charge in [0, 0.05) is 19.6 Å². The molecule has 2 aliphatic rings. The number of β-amino-alcohol motifs (C(OH)–C–C–N with tert-alkyl or cyclic N) is 1. The van der Waals surface area contributed by atoms with Crippen molar-refractivity contribution < 1.29 is 14.6 Å². The molecule has 2 atom stereocenters. The zero-order chi connectivity index (χ0) is 14.4. The molecule has 2 fully saturated rings. The number of aliphatic hydroxyl groups is 1. The van der Waals surface area contributed by atoms with E-state index in [-0.39, 0.29) is 11.9 Å². The van der Waals surface area contributed by atoms with Crippen molar-refractivity contribution in [3.8, 4) is 0 Å². The number of ether oxygens (including phenoxy) is 1. The third-order valence-electron chi connectivity index (χ3n) is 4.49. The highest BCUT2D eigenvalue weighted by Crippen LogP contribution is 2.20. The maximum atomic E-state index is 11.9. The lowest BCUT2D eigenvalue weighted by Gasteiger charge is -2.34. The van der Waals surface area contributed by atoms with Crippen LogP contribution in [0, 0.1) is 5.92 Å². The van der Waals surface area contributed by atoms with Crippen LogP contribution in [-0.2, 0) is 4.74 Å². The first-order valence-corrected chi connectivity index (χ1v) is 7.99. The molecule has 1 heterocycles. The topological polar surface area (TPSA) is 61.8 Å². The first-order chi connectivity index (χ1) is 9.66. The summed E-state index contributed by atoms with van der Waals surface area (Å²) in [5.41, 5.74) is 0. The highest BCUT2D eigenvalue weighted by molar-refractivity contribution is 5.74. The Balaban J connectivity index is 1.58. The van der Waals surface area contributed by atoms with Gasteiger partial charge >= 0.3 is 6.03 Å².